The quantitative estimate of drug-likeness (QED) is 0.857. The Hall–Kier alpha value is -2.30. The van der Waals surface area contributed by atoms with E-state index in [2.05, 4.69) is 12.0 Å². The van der Waals surface area contributed by atoms with Crippen LogP contribution in [0.25, 0.3) is 0 Å². The minimum absolute atomic E-state index is 0.0803. The normalized spacial score (nSPS) is 10.6. The molecule has 0 saturated heterocycles. The summed E-state index contributed by atoms with van der Waals surface area (Å²) in [5.74, 6) is -0.319. The molecule has 1 aromatic heterocycles. The van der Waals surface area contributed by atoms with Crippen LogP contribution >= 0.6 is 0 Å². The molecule has 0 aliphatic rings. The Morgan fingerprint density at radius 2 is 1.86 bits per heavy atom. The third kappa shape index (κ3) is 3.62. The Kier molecular flexibility index (Phi) is 4.62. The van der Waals surface area contributed by atoms with E-state index in [1.165, 1.54) is 5.56 Å². The highest BCUT2D eigenvalue weighted by Crippen LogP contribution is 2.14. The number of aryl methyl sites for hydroxylation is 2. The summed E-state index contributed by atoms with van der Waals surface area (Å²) < 4.78 is 6.85. The molecular weight excluding hydrogens is 266 g/mol. The maximum Gasteiger partial charge on any atom is 0.328 e. The van der Waals surface area contributed by atoms with Crippen LogP contribution in [0.5, 0.6) is 0 Å². The maximum atomic E-state index is 11.9. The highest BCUT2D eigenvalue weighted by molar-refractivity contribution is 5.69. The third-order valence-electron chi connectivity index (χ3n) is 3.55. The molecule has 2 N–H and O–H groups in total. The monoisotopic (exact) mass is 287 g/mol. The number of benzene rings is 1. The van der Waals surface area contributed by atoms with Gasteiger partial charge in [0.15, 0.2) is 0 Å². The average molecular weight is 287 g/mol. The Labute approximate surface area is 124 Å². The Morgan fingerprint density at radius 3 is 2.38 bits per heavy atom. The summed E-state index contributed by atoms with van der Waals surface area (Å²) in [6.07, 6.45) is 0.999. The van der Waals surface area contributed by atoms with Gasteiger partial charge in [-0.1, -0.05) is 31.2 Å². The van der Waals surface area contributed by atoms with Crippen LogP contribution in [0.2, 0.25) is 0 Å². The predicted molar refractivity (Wildman–Crippen MR) is 81.7 cm³/mol. The van der Waals surface area contributed by atoms with Crippen molar-refractivity contribution < 1.29 is 9.53 Å². The summed E-state index contributed by atoms with van der Waals surface area (Å²) in [5, 5.41) is 4.22. The molecule has 0 aliphatic heterocycles. The summed E-state index contributed by atoms with van der Waals surface area (Å²) in [4.78, 5) is 11.9. The molecule has 112 valence electrons. The first-order chi connectivity index (χ1) is 10.0. The molecule has 0 unspecified atom stereocenters. The molecule has 0 atom stereocenters. The zero-order chi connectivity index (χ0) is 15.4. The number of carbonyl (C=O) groups is 1. The zero-order valence-electron chi connectivity index (χ0n) is 12.7. The van der Waals surface area contributed by atoms with Gasteiger partial charge in [0.05, 0.1) is 17.1 Å². The van der Waals surface area contributed by atoms with Crippen molar-refractivity contribution in [3.63, 3.8) is 0 Å². The van der Waals surface area contributed by atoms with E-state index in [0.29, 0.717) is 5.69 Å². The van der Waals surface area contributed by atoms with Crippen molar-refractivity contribution in [2.45, 2.75) is 40.3 Å². The molecule has 5 heteroatoms. The van der Waals surface area contributed by atoms with Crippen LogP contribution in [-0.4, -0.2) is 15.7 Å². The van der Waals surface area contributed by atoms with Crippen molar-refractivity contribution in [3.05, 3.63) is 46.8 Å². The molecule has 1 aromatic carbocycles. The van der Waals surface area contributed by atoms with Crippen LogP contribution in [0.15, 0.2) is 24.3 Å². The van der Waals surface area contributed by atoms with E-state index in [-0.39, 0.29) is 19.1 Å². The number of nitrogens with zero attached hydrogens (tertiary/aromatic N) is 2. The number of aromatic nitrogens is 2. The van der Waals surface area contributed by atoms with Crippen LogP contribution in [0.1, 0.15) is 29.4 Å². The number of nitrogen functional groups attached to an aromatic ring is 1. The van der Waals surface area contributed by atoms with Crippen molar-refractivity contribution in [2.75, 3.05) is 5.73 Å². The van der Waals surface area contributed by atoms with Gasteiger partial charge in [-0.15, -0.1) is 0 Å². The number of nitrogens with two attached hydrogens (primary N) is 1. The molecule has 21 heavy (non-hydrogen) atoms. The Balaban J connectivity index is 1.91. The summed E-state index contributed by atoms with van der Waals surface area (Å²) in [5.41, 5.74) is 10.2. The lowest BCUT2D eigenvalue weighted by Gasteiger charge is -2.07. The molecule has 2 aromatic rings. The van der Waals surface area contributed by atoms with Gasteiger partial charge in [-0.3, -0.25) is 9.48 Å². The van der Waals surface area contributed by atoms with E-state index in [1.807, 2.05) is 38.1 Å². The van der Waals surface area contributed by atoms with Gasteiger partial charge < -0.3 is 10.5 Å². The van der Waals surface area contributed by atoms with Gasteiger partial charge >= 0.3 is 5.97 Å². The lowest BCUT2D eigenvalue weighted by molar-refractivity contribution is -0.145. The molecule has 0 saturated carbocycles. The average Bonchev–Trinajstić information content (AvgIpc) is 2.73. The van der Waals surface area contributed by atoms with Crippen LogP contribution in [0.4, 0.5) is 5.69 Å². The van der Waals surface area contributed by atoms with E-state index >= 15 is 0 Å². The minimum Gasteiger partial charge on any atom is -0.459 e. The Bertz CT molecular complexity index is 630. The van der Waals surface area contributed by atoms with Crippen molar-refractivity contribution in [3.8, 4) is 0 Å². The van der Waals surface area contributed by atoms with Gasteiger partial charge in [-0.05, 0) is 31.4 Å². The highest BCUT2D eigenvalue weighted by atomic mass is 16.5. The fourth-order valence-electron chi connectivity index (χ4n) is 2.07. The largest absolute Gasteiger partial charge is 0.459 e. The molecule has 0 amide bonds. The predicted octanol–water partition coefficient (Wildman–Crippen LogP) is 2.39. The van der Waals surface area contributed by atoms with Crippen LogP contribution in [-0.2, 0) is 29.1 Å². The van der Waals surface area contributed by atoms with Crippen LogP contribution in [0, 0.1) is 13.8 Å². The molecule has 5 nitrogen and oxygen atoms in total. The summed E-state index contributed by atoms with van der Waals surface area (Å²) in [6.45, 7) is 6.12. The van der Waals surface area contributed by atoms with Crippen molar-refractivity contribution in [2.24, 2.45) is 0 Å². The van der Waals surface area contributed by atoms with Crippen molar-refractivity contribution in [1.82, 2.24) is 9.78 Å². The number of hydrogen-bond donors (Lipinski definition) is 1. The van der Waals surface area contributed by atoms with Gasteiger partial charge in [0.1, 0.15) is 13.2 Å². The van der Waals surface area contributed by atoms with Gasteiger partial charge in [-0.2, -0.15) is 5.10 Å². The number of rotatable bonds is 5. The molecule has 0 bridgehead atoms. The molecule has 2 rings (SSSR count). The highest BCUT2D eigenvalue weighted by Gasteiger charge is 2.12. The first kappa shape index (κ1) is 15.1. The fourth-order valence-corrected chi connectivity index (χ4v) is 2.07. The van der Waals surface area contributed by atoms with Crippen molar-refractivity contribution in [1.29, 1.82) is 0 Å². The van der Waals surface area contributed by atoms with E-state index in [4.69, 9.17) is 10.5 Å². The lowest BCUT2D eigenvalue weighted by Crippen LogP contribution is -2.15. The second kappa shape index (κ2) is 6.43. The second-order valence-electron chi connectivity index (χ2n) is 5.07. The van der Waals surface area contributed by atoms with Gasteiger partial charge in [0, 0.05) is 0 Å². The topological polar surface area (TPSA) is 70.1 Å². The van der Waals surface area contributed by atoms with E-state index < -0.39 is 0 Å². The summed E-state index contributed by atoms with van der Waals surface area (Å²) in [6, 6.07) is 8.05. The number of carbonyl (C=O) groups excluding carboxylic acids is 1. The van der Waals surface area contributed by atoms with E-state index in [9.17, 15) is 4.79 Å². The van der Waals surface area contributed by atoms with Crippen LogP contribution < -0.4 is 5.73 Å². The number of ether oxygens (including phenoxy) is 1. The number of esters is 1. The zero-order valence-corrected chi connectivity index (χ0v) is 12.7. The van der Waals surface area contributed by atoms with Crippen molar-refractivity contribution >= 4 is 11.7 Å². The molecule has 0 radical (unpaired) electrons. The maximum absolute atomic E-state index is 11.9. The third-order valence-corrected chi connectivity index (χ3v) is 3.55. The van der Waals surface area contributed by atoms with Gasteiger partial charge in [-0.25, -0.2) is 0 Å². The molecular formula is C16H21N3O2. The standard InChI is InChI=1S/C16H21N3O2/c1-4-13-5-7-14(8-6-13)10-21-15(20)9-19-12(3)16(17)11(2)18-19/h5-8H,4,9-10,17H2,1-3H3. The molecule has 0 spiro atoms. The van der Waals surface area contributed by atoms with Gasteiger partial charge in [0.2, 0.25) is 0 Å². The number of hydrogen-bond acceptors (Lipinski definition) is 4. The van der Waals surface area contributed by atoms with Crippen LogP contribution in [0.3, 0.4) is 0 Å². The number of anilines is 1. The SMILES string of the molecule is CCc1ccc(COC(=O)Cn2nc(C)c(N)c2C)cc1. The fraction of sp³-hybridized carbons (Fsp3) is 0.375. The summed E-state index contributed by atoms with van der Waals surface area (Å²) >= 11 is 0. The van der Waals surface area contributed by atoms with E-state index in [0.717, 1.165) is 23.4 Å². The Morgan fingerprint density at radius 1 is 1.24 bits per heavy atom. The first-order valence-corrected chi connectivity index (χ1v) is 7.04. The molecule has 0 aliphatic carbocycles. The molecule has 1 heterocycles. The first-order valence-electron chi connectivity index (χ1n) is 7.04. The second-order valence-corrected chi connectivity index (χ2v) is 5.07. The molecule has 0 fully saturated rings. The minimum atomic E-state index is -0.319. The summed E-state index contributed by atoms with van der Waals surface area (Å²) in [7, 11) is 0. The lowest BCUT2D eigenvalue weighted by atomic mass is 10.1. The van der Waals surface area contributed by atoms with E-state index in [1.54, 1.807) is 4.68 Å². The smallest absolute Gasteiger partial charge is 0.328 e. The van der Waals surface area contributed by atoms with Gasteiger partial charge in [0.25, 0.3) is 0 Å².